The molecule has 0 aromatic carbocycles. The van der Waals surface area contributed by atoms with Crippen LogP contribution in [0, 0.1) is 0 Å². The SMILES string of the molecule is CC.CC(C(=O)O)c1cccc(=O)[nH]1. The number of aromatic nitrogens is 1. The lowest BCUT2D eigenvalue weighted by Gasteiger charge is -2.04. The molecule has 1 aromatic rings. The summed E-state index contributed by atoms with van der Waals surface area (Å²) in [6.07, 6.45) is 0. The fourth-order valence-corrected chi connectivity index (χ4v) is 0.850. The van der Waals surface area contributed by atoms with Crippen LogP contribution in [-0.4, -0.2) is 16.1 Å². The third-order valence-corrected chi connectivity index (χ3v) is 1.63. The predicted octanol–water partition coefficient (Wildman–Crippen LogP) is 1.59. The van der Waals surface area contributed by atoms with Gasteiger partial charge in [0.15, 0.2) is 0 Å². The molecule has 4 nitrogen and oxygen atoms in total. The molecular weight excluding hydrogens is 182 g/mol. The summed E-state index contributed by atoms with van der Waals surface area (Å²) < 4.78 is 0. The summed E-state index contributed by atoms with van der Waals surface area (Å²) in [7, 11) is 0. The van der Waals surface area contributed by atoms with E-state index in [-0.39, 0.29) is 5.56 Å². The minimum Gasteiger partial charge on any atom is -0.481 e. The molecule has 0 aliphatic heterocycles. The van der Waals surface area contributed by atoms with Gasteiger partial charge >= 0.3 is 5.97 Å². The first-order valence-electron chi connectivity index (χ1n) is 4.53. The minimum atomic E-state index is -0.947. The maximum absolute atomic E-state index is 10.8. The zero-order valence-electron chi connectivity index (χ0n) is 8.57. The van der Waals surface area contributed by atoms with Crippen molar-refractivity contribution in [2.45, 2.75) is 26.7 Å². The standard InChI is InChI=1S/C8H9NO3.C2H6/c1-5(8(11)12)6-3-2-4-7(10)9-6;1-2/h2-5H,1H3,(H,9,10)(H,11,12);1-2H3. The van der Waals surface area contributed by atoms with Crippen molar-refractivity contribution in [3.63, 3.8) is 0 Å². The Hall–Kier alpha value is -1.58. The number of hydrogen-bond acceptors (Lipinski definition) is 2. The monoisotopic (exact) mass is 197 g/mol. The summed E-state index contributed by atoms with van der Waals surface area (Å²) in [5, 5.41) is 8.60. The summed E-state index contributed by atoms with van der Waals surface area (Å²) in [5.74, 6) is -1.62. The van der Waals surface area contributed by atoms with Crippen molar-refractivity contribution in [1.82, 2.24) is 4.98 Å². The minimum absolute atomic E-state index is 0.277. The molecule has 2 N–H and O–H groups in total. The molecule has 0 amide bonds. The summed E-state index contributed by atoms with van der Waals surface area (Å²) >= 11 is 0. The summed E-state index contributed by atoms with van der Waals surface area (Å²) in [4.78, 5) is 23.7. The Bertz CT molecular complexity index is 343. The molecule has 1 heterocycles. The third kappa shape index (κ3) is 3.43. The van der Waals surface area contributed by atoms with E-state index in [1.54, 1.807) is 6.07 Å². The predicted molar refractivity (Wildman–Crippen MR) is 54.5 cm³/mol. The highest BCUT2D eigenvalue weighted by Crippen LogP contribution is 2.09. The fraction of sp³-hybridized carbons (Fsp3) is 0.400. The van der Waals surface area contributed by atoms with Gasteiger partial charge in [0.2, 0.25) is 5.56 Å². The van der Waals surface area contributed by atoms with Gasteiger partial charge in [-0.05, 0) is 13.0 Å². The van der Waals surface area contributed by atoms with Crippen LogP contribution < -0.4 is 5.56 Å². The van der Waals surface area contributed by atoms with Crippen molar-refractivity contribution in [1.29, 1.82) is 0 Å². The highest BCUT2D eigenvalue weighted by Gasteiger charge is 2.13. The van der Waals surface area contributed by atoms with Crippen LogP contribution in [0.5, 0.6) is 0 Å². The van der Waals surface area contributed by atoms with Crippen LogP contribution >= 0.6 is 0 Å². The molecule has 1 atom stereocenters. The van der Waals surface area contributed by atoms with Crippen LogP contribution in [0.25, 0.3) is 0 Å². The lowest BCUT2D eigenvalue weighted by molar-refractivity contribution is -0.138. The summed E-state index contributed by atoms with van der Waals surface area (Å²) in [6, 6.07) is 4.46. The highest BCUT2D eigenvalue weighted by molar-refractivity contribution is 5.74. The maximum atomic E-state index is 10.8. The number of aromatic amines is 1. The van der Waals surface area contributed by atoms with Crippen LogP contribution in [0.15, 0.2) is 23.0 Å². The number of hydrogen-bond donors (Lipinski definition) is 2. The molecule has 1 aromatic heterocycles. The summed E-state index contributed by atoms with van der Waals surface area (Å²) in [5.41, 5.74) is 0.149. The number of H-pyrrole nitrogens is 1. The Labute approximate surface area is 82.6 Å². The lowest BCUT2D eigenvalue weighted by atomic mass is 10.1. The Morgan fingerprint density at radius 1 is 1.43 bits per heavy atom. The first kappa shape index (κ1) is 12.4. The molecule has 0 saturated heterocycles. The molecule has 4 heteroatoms. The fourth-order valence-electron chi connectivity index (χ4n) is 0.850. The van der Waals surface area contributed by atoms with E-state index in [1.807, 2.05) is 13.8 Å². The average Bonchev–Trinajstić information content (AvgIpc) is 2.19. The molecule has 0 fully saturated rings. The van der Waals surface area contributed by atoms with E-state index in [9.17, 15) is 9.59 Å². The molecule has 0 aliphatic rings. The van der Waals surface area contributed by atoms with Crippen LogP contribution in [0.1, 0.15) is 32.4 Å². The molecule has 0 spiro atoms. The maximum Gasteiger partial charge on any atom is 0.312 e. The number of carboxylic acids is 1. The van der Waals surface area contributed by atoms with Gasteiger partial charge < -0.3 is 10.1 Å². The van der Waals surface area contributed by atoms with Gasteiger partial charge in [-0.2, -0.15) is 0 Å². The molecule has 14 heavy (non-hydrogen) atoms. The zero-order chi connectivity index (χ0) is 11.1. The average molecular weight is 197 g/mol. The highest BCUT2D eigenvalue weighted by atomic mass is 16.4. The van der Waals surface area contributed by atoms with E-state index in [2.05, 4.69) is 4.98 Å². The van der Waals surface area contributed by atoms with Crippen molar-refractivity contribution in [2.24, 2.45) is 0 Å². The van der Waals surface area contributed by atoms with Gasteiger partial charge in [-0.25, -0.2) is 0 Å². The third-order valence-electron chi connectivity index (χ3n) is 1.63. The molecule has 1 unspecified atom stereocenters. The lowest BCUT2D eigenvalue weighted by Crippen LogP contribution is -2.14. The molecule has 0 bridgehead atoms. The number of rotatable bonds is 2. The van der Waals surface area contributed by atoms with Gasteiger partial charge in [0, 0.05) is 11.8 Å². The topological polar surface area (TPSA) is 70.2 Å². The van der Waals surface area contributed by atoms with Crippen molar-refractivity contribution in [2.75, 3.05) is 0 Å². The molecule has 1 rings (SSSR count). The smallest absolute Gasteiger partial charge is 0.312 e. The van der Waals surface area contributed by atoms with Gasteiger partial charge in [0.25, 0.3) is 0 Å². The van der Waals surface area contributed by atoms with Crippen molar-refractivity contribution < 1.29 is 9.90 Å². The van der Waals surface area contributed by atoms with E-state index in [0.717, 1.165) is 0 Å². The van der Waals surface area contributed by atoms with E-state index < -0.39 is 11.9 Å². The number of aliphatic carboxylic acids is 1. The molecule has 0 saturated carbocycles. The number of carbonyl (C=O) groups is 1. The second kappa shape index (κ2) is 5.96. The molecule has 0 radical (unpaired) electrons. The van der Waals surface area contributed by atoms with Crippen LogP contribution in [0.3, 0.4) is 0 Å². The quantitative estimate of drug-likeness (QED) is 0.756. The van der Waals surface area contributed by atoms with Crippen molar-refractivity contribution >= 4 is 5.97 Å². The van der Waals surface area contributed by atoms with Gasteiger partial charge in [0.05, 0.1) is 5.92 Å². The Balaban J connectivity index is 0.000000791. The van der Waals surface area contributed by atoms with E-state index in [0.29, 0.717) is 5.69 Å². The molecule has 78 valence electrons. The normalized spacial score (nSPS) is 11.1. The Morgan fingerprint density at radius 2 is 2.00 bits per heavy atom. The first-order valence-corrected chi connectivity index (χ1v) is 4.53. The van der Waals surface area contributed by atoms with Gasteiger partial charge in [0.1, 0.15) is 0 Å². The van der Waals surface area contributed by atoms with Gasteiger partial charge in [-0.15, -0.1) is 0 Å². The molecular formula is C10H15NO3. The number of nitrogens with one attached hydrogen (secondary N) is 1. The number of carboxylic acid groups (broad SMARTS) is 1. The molecule has 0 aliphatic carbocycles. The van der Waals surface area contributed by atoms with E-state index in [4.69, 9.17) is 5.11 Å². The van der Waals surface area contributed by atoms with Crippen LogP contribution in [-0.2, 0) is 4.79 Å². The van der Waals surface area contributed by atoms with E-state index >= 15 is 0 Å². The van der Waals surface area contributed by atoms with Gasteiger partial charge in [-0.3, -0.25) is 9.59 Å². The summed E-state index contributed by atoms with van der Waals surface area (Å²) in [6.45, 7) is 5.52. The first-order chi connectivity index (χ1) is 6.61. The van der Waals surface area contributed by atoms with Crippen LogP contribution in [0.4, 0.5) is 0 Å². The number of pyridine rings is 1. The van der Waals surface area contributed by atoms with Gasteiger partial charge in [-0.1, -0.05) is 19.9 Å². The van der Waals surface area contributed by atoms with Crippen molar-refractivity contribution in [3.05, 3.63) is 34.2 Å². The van der Waals surface area contributed by atoms with E-state index in [1.165, 1.54) is 19.1 Å². The second-order valence-corrected chi connectivity index (χ2v) is 2.53. The Kier molecular flexibility index (Phi) is 5.29. The Morgan fingerprint density at radius 3 is 2.43 bits per heavy atom. The van der Waals surface area contributed by atoms with Crippen LogP contribution in [0.2, 0.25) is 0 Å². The van der Waals surface area contributed by atoms with Crippen molar-refractivity contribution in [3.8, 4) is 0 Å². The largest absolute Gasteiger partial charge is 0.481 e. The second-order valence-electron chi connectivity index (χ2n) is 2.53. The zero-order valence-corrected chi connectivity index (χ0v) is 8.57.